The molecule has 1 fully saturated rings. The Morgan fingerprint density at radius 3 is 2.73 bits per heavy atom. The molecule has 0 saturated carbocycles. The number of nitrogens with zero attached hydrogens (tertiary/aromatic N) is 3. The first-order chi connectivity index (χ1) is 12.7. The second-order valence-electron chi connectivity index (χ2n) is 6.75. The standard InChI is InChI=1S/C22H23N3O/c1-17(26)24-15-8-14-21(24)22-23-19-12-5-6-13-20(19)25(22)16-7-11-18-9-3-2-4-10-18/h2-7,9-13,21H,8,14-16H2,1H3/b11-7-/t21-/m0/s1. The Bertz CT molecular complexity index is 942. The van der Waals surface area contributed by atoms with Gasteiger partial charge in [-0.2, -0.15) is 0 Å². The molecule has 1 aromatic heterocycles. The van der Waals surface area contributed by atoms with E-state index in [0.717, 1.165) is 42.8 Å². The fourth-order valence-corrected chi connectivity index (χ4v) is 3.81. The molecule has 4 nitrogen and oxygen atoms in total. The molecular weight excluding hydrogens is 322 g/mol. The van der Waals surface area contributed by atoms with Gasteiger partial charge in [0.2, 0.25) is 5.91 Å². The topological polar surface area (TPSA) is 38.1 Å². The average Bonchev–Trinajstić information content (AvgIpc) is 3.27. The first-order valence-electron chi connectivity index (χ1n) is 9.18. The van der Waals surface area contributed by atoms with Crippen LogP contribution in [0.4, 0.5) is 0 Å². The Morgan fingerprint density at radius 2 is 1.92 bits per heavy atom. The third-order valence-electron chi connectivity index (χ3n) is 5.04. The van der Waals surface area contributed by atoms with Crippen molar-refractivity contribution in [3.63, 3.8) is 0 Å². The van der Waals surface area contributed by atoms with Crippen molar-refractivity contribution in [3.05, 3.63) is 72.1 Å². The Labute approximate surface area is 153 Å². The van der Waals surface area contributed by atoms with E-state index in [2.05, 4.69) is 34.9 Å². The number of para-hydroxylation sites is 2. The maximum absolute atomic E-state index is 12.0. The molecule has 0 bridgehead atoms. The summed E-state index contributed by atoms with van der Waals surface area (Å²) in [5.41, 5.74) is 3.30. The van der Waals surface area contributed by atoms with Gasteiger partial charge in [0.15, 0.2) is 0 Å². The molecule has 1 amide bonds. The number of imidazole rings is 1. The van der Waals surface area contributed by atoms with Crippen molar-refractivity contribution in [1.29, 1.82) is 0 Å². The molecule has 132 valence electrons. The molecule has 0 radical (unpaired) electrons. The van der Waals surface area contributed by atoms with Gasteiger partial charge in [-0.05, 0) is 30.5 Å². The van der Waals surface area contributed by atoms with Crippen molar-refractivity contribution in [3.8, 4) is 0 Å². The summed E-state index contributed by atoms with van der Waals surface area (Å²) in [6, 6.07) is 18.6. The van der Waals surface area contributed by atoms with E-state index < -0.39 is 0 Å². The Kier molecular flexibility index (Phi) is 4.57. The highest BCUT2D eigenvalue weighted by atomic mass is 16.2. The maximum atomic E-state index is 12.0. The number of hydrogen-bond donors (Lipinski definition) is 0. The normalized spacial score (nSPS) is 17.4. The molecule has 4 heteroatoms. The van der Waals surface area contributed by atoms with Gasteiger partial charge in [-0.3, -0.25) is 4.79 Å². The average molecular weight is 345 g/mol. The molecule has 4 rings (SSSR count). The molecule has 0 N–H and O–H groups in total. The van der Waals surface area contributed by atoms with E-state index in [-0.39, 0.29) is 11.9 Å². The number of likely N-dealkylation sites (tertiary alicyclic amines) is 1. The lowest BCUT2D eigenvalue weighted by Crippen LogP contribution is -2.29. The van der Waals surface area contributed by atoms with E-state index in [9.17, 15) is 4.79 Å². The lowest BCUT2D eigenvalue weighted by molar-refractivity contribution is -0.129. The highest BCUT2D eigenvalue weighted by Crippen LogP contribution is 2.33. The summed E-state index contributed by atoms with van der Waals surface area (Å²) in [5, 5.41) is 0. The Balaban J connectivity index is 1.70. The largest absolute Gasteiger partial charge is 0.333 e. The summed E-state index contributed by atoms with van der Waals surface area (Å²) in [7, 11) is 0. The van der Waals surface area contributed by atoms with E-state index in [0.29, 0.717) is 0 Å². The molecule has 1 saturated heterocycles. The number of fused-ring (bicyclic) bond motifs is 1. The highest BCUT2D eigenvalue weighted by Gasteiger charge is 2.31. The monoisotopic (exact) mass is 345 g/mol. The van der Waals surface area contributed by atoms with E-state index in [4.69, 9.17) is 4.98 Å². The molecule has 2 heterocycles. The summed E-state index contributed by atoms with van der Waals surface area (Å²) in [5.74, 6) is 1.13. The molecule has 3 aromatic rings. The minimum Gasteiger partial charge on any atom is -0.333 e. The van der Waals surface area contributed by atoms with Crippen molar-refractivity contribution in [1.82, 2.24) is 14.5 Å². The van der Waals surface area contributed by atoms with E-state index in [1.165, 1.54) is 5.56 Å². The lowest BCUT2D eigenvalue weighted by Gasteiger charge is -2.23. The Morgan fingerprint density at radius 1 is 1.15 bits per heavy atom. The van der Waals surface area contributed by atoms with Gasteiger partial charge < -0.3 is 9.47 Å². The highest BCUT2D eigenvalue weighted by molar-refractivity contribution is 5.77. The number of allylic oxidation sites excluding steroid dienone is 1. The van der Waals surface area contributed by atoms with Crippen LogP contribution in [-0.4, -0.2) is 26.9 Å². The van der Waals surface area contributed by atoms with Gasteiger partial charge in [-0.15, -0.1) is 0 Å². The number of carbonyl (C=O) groups is 1. The Hall–Kier alpha value is -2.88. The maximum Gasteiger partial charge on any atom is 0.220 e. The quantitative estimate of drug-likeness (QED) is 0.701. The van der Waals surface area contributed by atoms with Crippen LogP contribution in [0.15, 0.2) is 60.7 Å². The lowest BCUT2D eigenvalue weighted by atomic mass is 10.2. The predicted molar refractivity (Wildman–Crippen MR) is 105 cm³/mol. The summed E-state index contributed by atoms with van der Waals surface area (Å²) in [6.45, 7) is 3.22. The van der Waals surface area contributed by atoms with Crippen molar-refractivity contribution in [2.75, 3.05) is 6.54 Å². The molecule has 0 unspecified atom stereocenters. The molecule has 1 atom stereocenters. The first kappa shape index (κ1) is 16.6. The zero-order valence-electron chi connectivity index (χ0n) is 15.0. The molecule has 1 aliphatic heterocycles. The van der Waals surface area contributed by atoms with Crippen molar-refractivity contribution in [2.45, 2.75) is 32.4 Å². The van der Waals surface area contributed by atoms with Gasteiger partial charge in [0.25, 0.3) is 0 Å². The van der Waals surface area contributed by atoms with E-state index >= 15 is 0 Å². The molecule has 2 aromatic carbocycles. The van der Waals surface area contributed by atoms with Crippen LogP contribution in [0.5, 0.6) is 0 Å². The number of rotatable bonds is 4. The van der Waals surface area contributed by atoms with Gasteiger partial charge in [0, 0.05) is 20.0 Å². The van der Waals surface area contributed by atoms with E-state index in [1.807, 2.05) is 41.3 Å². The second-order valence-corrected chi connectivity index (χ2v) is 6.75. The third kappa shape index (κ3) is 3.15. The minimum atomic E-state index is 0.0741. The third-order valence-corrected chi connectivity index (χ3v) is 5.04. The van der Waals surface area contributed by atoms with Crippen LogP contribution in [0.2, 0.25) is 0 Å². The molecular formula is C22H23N3O. The van der Waals surface area contributed by atoms with Crippen LogP contribution in [-0.2, 0) is 11.3 Å². The van der Waals surface area contributed by atoms with E-state index in [1.54, 1.807) is 6.92 Å². The van der Waals surface area contributed by atoms with Crippen molar-refractivity contribution in [2.24, 2.45) is 0 Å². The number of amides is 1. The minimum absolute atomic E-state index is 0.0741. The summed E-state index contributed by atoms with van der Waals surface area (Å²) in [6.07, 6.45) is 6.31. The van der Waals surface area contributed by atoms with Gasteiger partial charge in [0.1, 0.15) is 5.82 Å². The van der Waals surface area contributed by atoms with Gasteiger partial charge in [-0.25, -0.2) is 4.98 Å². The van der Waals surface area contributed by atoms with Crippen LogP contribution in [0.25, 0.3) is 17.1 Å². The molecule has 1 aliphatic rings. The summed E-state index contributed by atoms with van der Waals surface area (Å²) in [4.78, 5) is 18.9. The zero-order chi connectivity index (χ0) is 17.9. The van der Waals surface area contributed by atoms with Gasteiger partial charge in [0.05, 0.1) is 17.1 Å². The first-order valence-corrected chi connectivity index (χ1v) is 9.18. The number of carbonyl (C=O) groups excluding carboxylic acids is 1. The molecule has 26 heavy (non-hydrogen) atoms. The van der Waals surface area contributed by atoms with Gasteiger partial charge >= 0.3 is 0 Å². The van der Waals surface area contributed by atoms with Crippen LogP contribution in [0.3, 0.4) is 0 Å². The molecule has 0 aliphatic carbocycles. The van der Waals surface area contributed by atoms with Crippen molar-refractivity contribution < 1.29 is 4.79 Å². The summed E-state index contributed by atoms with van der Waals surface area (Å²) < 4.78 is 2.25. The second kappa shape index (κ2) is 7.16. The predicted octanol–water partition coefficient (Wildman–Crippen LogP) is 4.43. The summed E-state index contributed by atoms with van der Waals surface area (Å²) >= 11 is 0. The zero-order valence-corrected chi connectivity index (χ0v) is 15.0. The van der Waals surface area contributed by atoms with Crippen molar-refractivity contribution >= 4 is 23.0 Å². The molecule has 0 spiro atoms. The SMILES string of the molecule is CC(=O)N1CCC[C@H]1c1nc2ccccc2n1C/C=C\c1ccccc1. The van der Waals surface area contributed by atoms with Gasteiger partial charge in [-0.1, -0.05) is 54.6 Å². The van der Waals surface area contributed by atoms with Crippen LogP contribution in [0, 0.1) is 0 Å². The van der Waals surface area contributed by atoms with Crippen LogP contribution in [0.1, 0.15) is 37.2 Å². The number of hydrogen-bond acceptors (Lipinski definition) is 2. The number of benzene rings is 2. The number of aromatic nitrogens is 2. The smallest absolute Gasteiger partial charge is 0.220 e. The van der Waals surface area contributed by atoms with Crippen LogP contribution < -0.4 is 0 Å². The van der Waals surface area contributed by atoms with Crippen LogP contribution >= 0.6 is 0 Å². The fourth-order valence-electron chi connectivity index (χ4n) is 3.81. The fraction of sp³-hybridized carbons (Fsp3) is 0.273.